The van der Waals surface area contributed by atoms with Crippen LogP contribution in [-0.2, 0) is 5.54 Å². The minimum atomic E-state index is -0.169. The highest BCUT2D eigenvalue weighted by atomic mass is 16.5. The first-order chi connectivity index (χ1) is 8.36. The van der Waals surface area contributed by atoms with Gasteiger partial charge < -0.3 is 10.5 Å². The monoisotopic (exact) mass is 247 g/mol. The Labute approximate surface area is 111 Å². The summed E-state index contributed by atoms with van der Waals surface area (Å²) < 4.78 is 5.27. The smallest absolute Gasteiger partial charge is 0.119 e. The van der Waals surface area contributed by atoms with Crippen molar-refractivity contribution in [1.82, 2.24) is 0 Å². The zero-order valence-electron chi connectivity index (χ0n) is 12.0. The zero-order valence-corrected chi connectivity index (χ0v) is 12.0. The van der Waals surface area contributed by atoms with E-state index in [9.17, 15) is 0 Å². The number of hydrogen-bond donors (Lipinski definition) is 1. The van der Waals surface area contributed by atoms with E-state index < -0.39 is 0 Å². The maximum atomic E-state index is 6.71. The number of nitrogens with two attached hydrogens (primary N) is 1. The molecular formula is C16H25NO. The van der Waals surface area contributed by atoms with Crippen LogP contribution < -0.4 is 10.5 Å². The fraction of sp³-hybridized carbons (Fsp3) is 0.625. The summed E-state index contributed by atoms with van der Waals surface area (Å²) in [7, 11) is 1.70. The molecule has 1 unspecified atom stereocenters. The van der Waals surface area contributed by atoms with Crippen LogP contribution in [0.4, 0.5) is 0 Å². The van der Waals surface area contributed by atoms with Gasteiger partial charge in [0.2, 0.25) is 0 Å². The maximum absolute atomic E-state index is 6.71. The molecule has 0 bridgehead atoms. The Kier molecular flexibility index (Phi) is 3.41. The van der Waals surface area contributed by atoms with Crippen molar-refractivity contribution in [3.63, 3.8) is 0 Å². The van der Waals surface area contributed by atoms with Crippen molar-refractivity contribution in [2.45, 2.75) is 52.0 Å². The number of benzene rings is 1. The van der Waals surface area contributed by atoms with Gasteiger partial charge in [-0.2, -0.15) is 0 Å². The molecule has 2 rings (SSSR count). The summed E-state index contributed by atoms with van der Waals surface area (Å²) in [6, 6.07) is 6.26. The molecule has 1 aromatic rings. The van der Waals surface area contributed by atoms with E-state index in [1.54, 1.807) is 7.11 Å². The van der Waals surface area contributed by atoms with E-state index >= 15 is 0 Å². The molecule has 2 nitrogen and oxygen atoms in total. The molecule has 0 aromatic heterocycles. The van der Waals surface area contributed by atoms with Crippen LogP contribution in [0.15, 0.2) is 18.2 Å². The van der Waals surface area contributed by atoms with Crippen molar-refractivity contribution in [2.75, 3.05) is 7.11 Å². The Balaban J connectivity index is 2.35. The van der Waals surface area contributed by atoms with E-state index in [0.717, 1.165) is 18.6 Å². The molecule has 1 atom stereocenters. The number of rotatable bonds is 2. The van der Waals surface area contributed by atoms with Gasteiger partial charge in [0.1, 0.15) is 5.75 Å². The van der Waals surface area contributed by atoms with Gasteiger partial charge in [0.15, 0.2) is 0 Å². The highest BCUT2D eigenvalue weighted by Gasteiger charge is 2.38. The first-order valence-corrected chi connectivity index (χ1v) is 6.80. The molecule has 0 heterocycles. The van der Waals surface area contributed by atoms with E-state index in [-0.39, 0.29) is 5.54 Å². The van der Waals surface area contributed by atoms with Gasteiger partial charge in [-0.3, -0.25) is 0 Å². The third kappa shape index (κ3) is 2.54. The highest BCUT2D eigenvalue weighted by Crippen LogP contribution is 2.45. The molecule has 0 spiro atoms. The Morgan fingerprint density at radius 3 is 2.50 bits per heavy atom. The lowest BCUT2D eigenvalue weighted by atomic mass is 9.65. The van der Waals surface area contributed by atoms with Crippen LogP contribution in [0, 0.1) is 12.3 Å². The third-order valence-electron chi connectivity index (χ3n) is 4.24. The molecule has 100 valence electrons. The Bertz CT molecular complexity index is 439. The molecule has 0 radical (unpaired) electrons. The average Bonchev–Trinajstić information content (AvgIpc) is 2.26. The van der Waals surface area contributed by atoms with Gasteiger partial charge >= 0.3 is 0 Å². The summed E-state index contributed by atoms with van der Waals surface area (Å²) in [6.07, 6.45) is 4.65. The van der Waals surface area contributed by atoms with E-state index in [0.29, 0.717) is 5.41 Å². The Morgan fingerprint density at radius 2 is 1.94 bits per heavy atom. The molecule has 18 heavy (non-hydrogen) atoms. The van der Waals surface area contributed by atoms with Crippen molar-refractivity contribution in [2.24, 2.45) is 11.1 Å². The van der Waals surface area contributed by atoms with Gasteiger partial charge in [-0.15, -0.1) is 0 Å². The summed E-state index contributed by atoms with van der Waals surface area (Å²) in [5.41, 5.74) is 9.42. The average molecular weight is 247 g/mol. The van der Waals surface area contributed by atoms with Gasteiger partial charge in [-0.05, 0) is 54.9 Å². The molecule has 0 amide bonds. The van der Waals surface area contributed by atoms with Crippen LogP contribution in [-0.4, -0.2) is 7.11 Å². The van der Waals surface area contributed by atoms with Gasteiger partial charge in [0.25, 0.3) is 0 Å². The number of methoxy groups -OCH3 is 1. The lowest BCUT2D eigenvalue weighted by Crippen LogP contribution is -2.44. The molecular weight excluding hydrogens is 222 g/mol. The van der Waals surface area contributed by atoms with Crippen molar-refractivity contribution < 1.29 is 4.74 Å². The zero-order chi connectivity index (χ0) is 13.4. The second-order valence-corrected chi connectivity index (χ2v) is 6.53. The van der Waals surface area contributed by atoms with Crippen LogP contribution in [0.5, 0.6) is 5.75 Å². The molecule has 1 aliphatic carbocycles. The quantitative estimate of drug-likeness (QED) is 0.863. The number of aryl methyl sites for hydroxylation is 1. The summed E-state index contributed by atoms with van der Waals surface area (Å²) in [6.45, 7) is 6.79. The molecule has 2 heteroatoms. The fourth-order valence-electron chi connectivity index (χ4n) is 3.46. The second kappa shape index (κ2) is 4.58. The molecule has 1 saturated carbocycles. The second-order valence-electron chi connectivity index (χ2n) is 6.53. The van der Waals surface area contributed by atoms with Crippen LogP contribution >= 0.6 is 0 Å². The van der Waals surface area contributed by atoms with Crippen LogP contribution in [0.25, 0.3) is 0 Å². The van der Waals surface area contributed by atoms with Gasteiger partial charge in [0.05, 0.1) is 7.11 Å². The minimum absolute atomic E-state index is 0.169. The van der Waals surface area contributed by atoms with E-state index in [2.05, 4.69) is 32.9 Å². The first kappa shape index (κ1) is 13.4. The topological polar surface area (TPSA) is 35.2 Å². The molecule has 0 saturated heterocycles. The Morgan fingerprint density at radius 1 is 1.22 bits per heavy atom. The lowest BCUT2D eigenvalue weighted by molar-refractivity contribution is 0.150. The van der Waals surface area contributed by atoms with Crippen LogP contribution in [0.3, 0.4) is 0 Å². The molecule has 1 fully saturated rings. The standard InChI is InChI=1S/C16H25NO/c1-12-10-13(18-4)6-7-14(12)16(17)9-5-8-15(2,3)11-16/h6-7,10H,5,8-9,11,17H2,1-4H3. The number of ether oxygens (including phenoxy) is 1. The molecule has 0 aliphatic heterocycles. The van der Waals surface area contributed by atoms with E-state index in [4.69, 9.17) is 10.5 Å². The summed E-state index contributed by atoms with van der Waals surface area (Å²) in [5, 5.41) is 0. The SMILES string of the molecule is COc1ccc(C2(N)CCCC(C)(C)C2)c(C)c1. The normalized spacial score (nSPS) is 26.9. The maximum Gasteiger partial charge on any atom is 0.119 e. The van der Waals surface area contributed by atoms with Crippen molar-refractivity contribution in [3.05, 3.63) is 29.3 Å². The van der Waals surface area contributed by atoms with Crippen molar-refractivity contribution in [3.8, 4) is 5.75 Å². The predicted octanol–water partition coefficient (Wildman–Crippen LogP) is 3.76. The summed E-state index contributed by atoms with van der Waals surface area (Å²) in [5.74, 6) is 0.912. The lowest BCUT2D eigenvalue weighted by Gasteiger charge is -2.43. The van der Waals surface area contributed by atoms with Gasteiger partial charge in [0, 0.05) is 5.54 Å². The van der Waals surface area contributed by atoms with E-state index in [1.165, 1.54) is 24.0 Å². The van der Waals surface area contributed by atoms with Crippen molar-refractivity contribution >= 4 is 0 Å². The largest absolute Gasteiger partial charge is 0.497 e. The van der Waals surface area contributed by atoms with Gasteiger partial charge in [-0.1, -0.05) is 26.3 Å². The summed E-state index contributed by atoms with van der Waals surface area (Å²) >= 11 is 0. The third-order valence-corrected chi connectivity index (χ3v) is 4.24. The summed E-state index contributed by atoms with van der Waals surface area (Å²) in [4.78, 5) is 0. The number of hydrogen-bond acceptors (Lipinski definition) is 2. The van der Waals surface area contributed by atoms with Gasteiger partial charge in [-0.25, -0.2) is 0 Å². The highest BCUT2D eigenvalue weighted by molar-refractivity contribution is 5.39. The fourth-order valence-corrected chi connectivity index (χ4v) is 3.46. The van der Waals surface area contributed by atoms with E-state index in [1.807, 2.05) is 6.07 Å². The minimum Gasteiger partial charge on any atom is -0.497 e. The molecule has 1 aliphatic rings. The predicted molar refractivity (Wildman–Crippen MR) is 75.8 cm³/mol. The Hall–Kier alpha value is -1.02. The van der Waals surface area contributed by atoms with Crippen LogP contribution in [0.1, 0.15) is 50.7 Å². The van der Waals surface area contributed by atoms with Crippen LogP contribution in [0.2, 0.25) is 0 Å². The molecule has 2 N–H and O–H groups in total. The molecule has 1 aromatic carbocycles. The first-order valence-electron chi connectivity index (χ1n) is 6.80. The van der Waals surface area contributed by atoms with Crippen molar-refractivity contribution in [1.29, 1.82) is 0 Å².